The molecule has 2 saturated heterocycles. The van der Waals surface area contributed by atoms with Crippen LogP contribution in [0.2, 0.25) is 0 Å². The van der Waals surface area contributed by atoms with Crippen molar-refractivity contribution >= 4 is 5.91 Å². The van der Waals surface area contributed by atoms with Gasteiger partial charge in [-0.3, -0.25) is 9.69 Å². The minimum Gasteiger partial charge on any atom is -0.338 e. The third-order valence-electron chi connectivity index (χ3n) is 8.39. The van der Waals surface area contributed by atoms with Crippen LogP contribution in [0.5, 0.6) is 0 Å². The van der Waals surface area contributed by atoms with Crippen LogP contribution in [0.4, 0.5) is 8.78 Å². The summed E-state index contributed by atoms with van der Waals surface area (Å²) in [5.41, 5.74) is 5.06. The number of hydrogen-bond acceptors (Lipinski definition) is 4. The molecule has 8 heteroatoms. The van der Waals surface area contributed by atoms with E-state index in [-0.39, 0.29) is 29.4 Å². The Kier molecular flexibility index (Phi) is 7.62. The Labute approximate surface area is 238 Å². The first-order chi connectivity index (χ1) is 20.0. The maximum atomic E-state index is 13.9. The fourth-order valence-electron chi connectivity index (χ4n) is 6.13. The van der Waals surface area contributed by atoms with Gasteiger partial charge in [-0.15, -0.1) is 0 Å². The lowest BCUT2D eigenvalue weighted by Crippen LogP contribution is -2.34. The zero-order valence-electron chi connectivity index (χ0n) is 22.7. The summed E-state index contributed by atoms with van der Waals surface area (Å²) in [4.78, 5) is 18.2. The molecule has 0 N–H and O–H groups in total. The van der Waals surface area contributed by atoms with Gasteiger partial charge < -0.3 is 4.90 Å². The van der Waals surface area contributed by atoms with Gasteiger partial charge in [-0.05, 0) is 92.0 Å². The Balaban J connectivity index is 1.22. The molecular formula is C33H31F2N5O. The fourth-order valence-corrected chi connectivity index (χ4v) is 6.13. The molecule has 0 saturated carbocycles. The van der Waals surface area contributed by atoms with Gasteiger partial charge in [0.15, 0.2) is 0 Å². The molecule has 0 aliphatic carbocycles. The number of piperidine rings is 1. The van der Waals surface area contributed by atoms with E-state index in [0.29, 0.717) is 24.2 Å². The average Bonchev–Trinajstić information content (AvgIpc) is 3.67. The third kappa shape index (κ3) is 5.77. The molecule has 41 heavy (non-hydrogen) atoms. The largest absolute Gasteiger partial charge is 0.338 e. The van der Waals surface area contributed by atoms with E-state index in [2.05, 4.69) is 16.1 Å². The van der Waals surface area contributed by atoms with Crippen LogP contribution in [0.25, 0.3) is 5.69 Å². The Morgan fingerprint density at radius 2 is 1.49 bits per heavy atom. The molecule has 0 spiro atoms. The molecule has 3 heterocycles. The summed E-state index contributed by atoms with van der Waals surface area (Å²) in [6, 6.07) is 22.6. The molecule has 208 valence electrons. The van der Waals surface area contributed by atoms with Gasteiger partial charge in [-0.2, -0.15) is 10.4 Å². The highest BCUT2D eigenvalue weighted by atomic mass is 19.1. The van der Waals surface area contributed by atoms with Crippen molar-refractivity contribution in [3.63, 3.8) is 0 Å². The van der Waals surface area contributed by atoms with Crippen LogP contribution >= 0.6 is 0 Å². The Bertz CT molecular complexity index is 1550. The van der Waals surface area contributed by atoms with Gasteiger partial charge in [0, 0.05) is 31.5 Å². The minimum atomic E-state index is -0.321. The summed E-state index contributed by atoms with van der Waals surface area (Å²) in [5.74, 6) is -0.341. The first-order valence-corrected chi connectivity index (χ1v) is 14.1. The number of benzene rings is 3. The van der Waals surface area contributed by atoms with Crippen molar-refractivity contribution in [2.75, 3.05) is 26.2 Å². The van der Waals surface area contributed by atoms with Crippen LogP contribution < -0.4 is 0 Å². The zero-order valence-corrected chi connectivity index (χ0v) is 22.7. The molecule has 6 nitrogen and oxygen atoms in total. The van der Waals surface area contributed by atoms with Crippen molar-refractivity contribution in [1.29, 1.82) is 5.26 Å². The van der Waals surface area contributed by atoms with Crippen LogP contribution in [-0.2, 0) is 6.54 Å². The first-order valence-electron chi connectivity index (χ1n) is 14.1. The molecule has 4 aromatic rings. The standard InChI is InChI=1S/C33H31F2N5O/c34-28-7-5-25(6-8-28)27-15-18-39(22-27)33(41)31-20-37-40(30-11-9-29(35)10-12-30)32(31)26-13-16-38(17-14-26)21-24-3-1-23(19-36)2-4-24/h1-12,20,26-27H,13-18,21-22H2/t27-/m0/s1. The Hall–Kier alpha value is -4.35. The fraction of sp³-hybridized carbons (Fsp3) is 0.303. The van der Waals surface area contributed by atoms with Gasteiger partial charge >= 0.3 is 0 Å². The van der Waals surface area contributed by atoms with Gasteiger partial charge in [0.1, 0.15) is 11.6 Å². The van der Waals surface area contributed by atoms with E-state index in [1.165, 1.54) is 29.8 Å². The van der Waals surface area contributed by atoms with E-state index in [4.69, 9.17) is 5.26 Å². The zero-order chi connectivity index (χ0) is 28.3. The number of halogens is 2. The molecule has 1 amide bonds. The SMILES string of the molecule is N#Cc1ccc(CN2CCC(c3c(C(=O)N4CC[C@H](c5ccc(F)cc5)C4)cnn3-c3ccc(F)cc3)CC2)cc1. The van der Waals surface area contributed by atoms with Crippen molar-refractivity contribution in [2.24, 2.45) is 0 Å². The summed E-state index contributed by atoms with van der Waals surface area (Å²) >= 11 is 0. The molecule has 0 radical (unpaired) electrons. The second-order valence-electron chi connectivity index (χ2n) is 11.0. The molecule has 3 aromatic carbocycles. The summed E-state index contributed by atoms with van der Waals surface area (Å²) in [7, 11) is 0. The van der Waals surface area contributed by atoms with Gasteiger partial charge in [-0.25, -0.2) is 13.5 Å². The quantitative estimate of drug-likeness (QED) is 0.294. The number of likely N-dealkylation sites (tertiary alicyclic amines) is 2. The number of rotatable bonds is 6. The second kappa shape index (κ2) is 11.6. The molecule has 6 rings (SSSR count). The van der Waals surface area contributed by atoms with Crippen molar-refractivity contribution in [3.05, 3.63) is 119 Å². The minimum absolute atomic E-state index is 0.0435. The van der Waals surface area contributed by atoms with Crippen molar-refractivity contribution < 1.29 is 13.6 Å². The van der Waals surface area contributed by atoms with Gasteiger partial charge in [-0.1, -0.05) is 24.3 Å². The summed E-state index contributed by atoms with van der Waals surface area (Å²) in [6.45, 7) is 3.74. The third-order valence-corrected chi connectivity index (χ3v) is 8.39. The number of nitriles is 1. The summed E-state index contributed by atoms with van der Waals surface area (Å²) in [6.07, 6.45) is 4.21. The molecular weight excluding hydrogens is 520 g/mol. The summed E-state index contributed by atoms with van der Waals surface area (Å²) < 4.78 is 29.0. The highest BCUT2D eigenvalue weighted by Crippen LogP contribution is 2.35. The van der Waals surface area contributed by atoms with E-state index >= 15 is 0 Å². The van der Waals surface area contributed by atoms with Crippen LogP contribution in [0.1, 0.15) is 63.8 Å². The van der Waals surface area contributed by atoms with Gasteiger partial charge in [0.25, 0.3) is 5.91 Å². The lowest BCUT2D eigenvalue weighted by molar-refractivity contribution is 0.0788. The second-order valence-corrected chi connectivity index (χ2v) is 11.0. The number of amides is 1. The molecule has 0 unspecified atom stereocenters. The highest BCUT2D eigenvalue weighted by Gasteiger charge is 2.34. The van der Waals surface area contributed by atoms with Crippen LogP contribution in [0.15, 0.2) is 79.0 Å². The normalized spacial score (nSPS) is 18.0. The first kappa shape index (κ1) is 26.9. The summed E-state index contributed by atoms with van der Waals surface area (Å²) in [5, 5.41) is 13.7. The van der Waals surface area contributed by atoms with E-state index in [1.54, 1.807) is 35.1 Å². The van der Waals surface area contributed by atoms with Gasteiger partial charge in [0.05, 0.1) is 34.8 Å². The molecule has 1 atom stereocenters. The number of nitrogens with zero attached hydrogens (tertiary/aromatic N) is 5. The van der Waals surface area contributed by atoms with E-state index in [0.717, 1.165) is 55.8 Å². The van der Waals surface area contributed by atoms with Crippen LogP contribution in [-0.4, -0.2) is 51.7 Å². The van der Waals surface area contributed by atoms with Crippen LogP contribution in [0.3, 0.4) is 0 Å². The Morgan fingerprint density at radius 3 is 2.15 bits per heavy atom. The predicted molar refractivity (Wildman–Crippen MR) is 152 cm³/mol. The Morgan fingerprint density at radius 1 is 0.854 bits per heavy atom. The maximum absolute atomic E-state index is 13.9. The van der Waals surface area contributed by atoms with E-state index < -0.39 is 0 Å². The number of carbonyl (C=O) groups is 1. The monoisotopic (exact) mass is 551 g/mol. The van der Waals surface area contributed by atoms with Crippen molar-refractivity contribution in [2.45, 2.75) is 37.6 Å². The number of carbonyl (C=O) groups excluding carboxylic acids is 1. The van der Waals surface area contributed by atoms with Gasteiger partial charge in [0.2, 0.25) is 0 Å². The number of aromatic nitrogens is 2. The molecule has 0 bridgehead atoms. The molecule has 2 aliphatic heterocycles. The number of hydrogen-bond donors (Lipinski definition) is 0. The lowest BCUT2D eigenvalue weighted by atomic mass is 9.90. The maximum Gasteiger partial charge on any atom is 0.257 e. The van der Waals surface area contributed by atoms with Crippen molar-refractivity contribution in [1.82, 2.24) is 19.6 Å². The molecule has 2 aliphatic rings. The molecule has 2 fully saturated rings. The van der Waals surface area contributed by atoms with E-state index in [1.807, 2.05) is 29.2 Å². The average molecular weight is 552 g/mol. The molecule has 1 aromatic heterocycles. The topological polar surface area (TPSA) is 65.2 Å². The highest BCUT2D eigenvalue weighted by molar-refractivity contribution is 5.95. The lowest BCUT2D eigenvalue weighted by Gasteiger charge is -2.33. The van der Waals surface area contributed by atoms with Crippen LogP contribution in [0, 0.1) is 23.0 Å². The predicted octanol–water partition coefficient (Wildman–Crippen LogP) is 6.03. The van der Waals surface area contributed by atoms with Crippen molar-refractivity contribution in [3.8, 4) is 11.8 Å². The van der Waals surface area contributed by atoms with E-state index in [9.17, 15) is 13.6 Å². The smallest absolute Gasteiger partial charge is 0.257 e.